The zero-order valence-corrected chi connectivity index (χ0v) is 24.0. The average Bonchev–Trinajstić information content (AvgIpc) is 3.20. The van der Waals surface area contributed by atoms with Crippen molar-refractivity contribution in [3.05, 3.63) is 8.67 Å². The van der Waals surface area contributed by atoms with E-state index < -0.39 is 19.7 Å². The fraction of sp³-hybridized carbons (Fsp3) is 0.727. The molecule has 0 amide bonds. The summed E-state index contributed by atoms with van der Waals surface area (Å²) < 4.78 is 54.3. The van der Waals surface area contributed by atoms with Gasteiger partial charge in [0.2, 0.25) is 0 Å². The van der Waals surface area contributed by atoms with Gasteiger partial charge in [0, 0.05) is 0 Å². The van der Waals surface area contributed by atoms with Gasteiger partial charge in [-0.05, 0) is 24.7 Å². The minimum Gasteiger partial charge on any atom is -0.224 e. The minimum atomic E-state index is -3.67. The maximum absolute atomic E-state index is 13.3. The molecule has 4 nitrogen and oxygen atoms in total. The Morgan fingerprint density at radius 1 is 0.688 bits per heavy atom. The van der Waals surface area contributed by atoms with Crippen LogP contribution >= 0.6 is 45.9 Å². The molecule has 0 saturated heterocycles. The summed E-state index contributed by atoms with van der Waals surface area (Å²) in [7, 11) is -7.34. The Balaban J connectivity index is 2.48. The molecule has 0 radical (unpaired) electrons. The fourth-order valence-electron chi connectivity index (χ4n) is 3.95. The van der Waals surface area contributed by atoms with Crippen LogP contribution in [0.25, 0.3) is 9.40 Å². The van der Waals surface area contributed by atoms with Crippen molar-refractivity contribution in [2.75, 3.05) is 11.5 Å². The zero-order chi connectivity index (χ0) is 24.1. The first-order chi connectivity index (χ1) is 15.0. The highest BCUT2D eigenvalue weighted by molar-refractivity contribution is 7.93. The highest BCUT2D eigenvalue weighted by atomic mass is 35.5. The summed E-state index contributed by atoms with van der Waals surface area (Å²) in [4.78, 5) is 0.112. The third kappa shape index (κ3) is 6.63. The van der Waals surface area contributed by atoms with Gasteiger partial charge >= 0.3 is 0 Å². The van der Waals surface area contributed by atoms with E-state index in [4.69, 9.17) is 23.2 Å². The summed E-state index contributed by atoms with van der Waals surface area (Å²) in [5.41, 5.74) is 0. The van der Waals surface area contributed by atoms with E-state index >= 15 is 0 Å². The van der Waals surface area contributed by atoms with Gasteiger partial charge in [0.25, 0.3) is 0 Å². The predicted molar refractivity (Wildman–Crippen MR) is 140 cm³/mol. The van der Waals surface area contributed by atoms with Gasteiger partial charge in [0.05, 0.1) is 20.9 Å². The van der Waals surface area contributed by atoms with Crippen LogP contribution in [-0.2, 0) is 19.7 Å². The molecule has 2 atom stereocenters. The van der Waals surface area contributed by atoms with Gasteiger partial charge in [-0.2, -0.15) is 0 Å². The molecule has 2 aromatic heterocycles. The van der Waals surface area contributed by atoms with Crippen molar-refractivity contribution >= 4 is 74.9 Å². The van der Waals surface area contributed by atoms with Crippen LogP contribution in [-0.4, -0.2) is 28.3 Å². The maximum Gasteiger partial charge on any atom is 0.182 e. The second-order valence-corrected chi connectivity index (χ2v) is 15.7. The number of fused-ring (bicyclic) bond motifs is 1. The third-order valence-corrected chi connectivity index (χ3v) is 13.6. The summed E-state index contributed by atoms with van der Waals surface area (Å²) in [6.45, 7) is 8.16. The van der Waals surface area contributed by atoms with E-state index in [9.17, 15) is 16.8 Å². The van der Waals surface area contributed by atoms with Gasteiger partial charge in [-0.3, -0.25) is 0 Å². The Labute approximate surface area is 211 Å². The van der Waals surface area contributed by atoms with E-state index in [1.807, 2.05) is 13.8 Å². The molecule has 2 heterocycles. The van der Waals surface area contributed by atoms with Gasteiger partial charge in [0.15, 0.2) is 19.7 Å². The lowest BCUT2D eigenvalue weighted by molar-refractivity contribution is 0.483. The molecule has 0 aromatic carbocycles. The van der Waals surface area contributed by atoms with Crippen molar-refractivity contribution < 1.29 is 16.8 Å². The van der Waals surface area contributed by atoms with Crippen LogP contribution in [0.3, 0.4) is 0 Å². The molecule has 0 aliphatic rings. The molecule has 2 rings (SSSR count). The molecule has 10 heteroatoms. The van der Waals surface area contributed by atoms with Crippen LogP contribution in [0.1, 0.15) is 79.1 Å². The predicted octanol–water partition coefficient (Wildman–Crippen LogP) is 8.25. The molecule has 2 unspecified atom stereocenters. The van der Waals surface area contributed by atoms with Gasteiger partial charge < -0.3 is 0 Å². The summed E-state index contributed by atoms with van der Waals surface area (Å²) in [5.74, 6) is 0.130. The molecule has 0 aliphatic carbocycles. The lowest BCUT2D eigenvalue weighted by Gasteiger charge is -2.14. The standard InChI is InChI=1S/C22H34Cl2O4S4/c1-5-9-11-15(7-3)13-31(25,26)19-17-18(30-21(19)23)20(22(24)29-17)32(27,28)14-16(8-4)12-10-6-2/h15-16H,5-14H2,1-4H3. The third-order valence-electron chi connectivity index (χ3n) is 5.98. The molecule has 0 saturated carbocycles. The Kier molecular flexibility index (Phi) is 10.8. The normalized spacial score (nSPS) is 14.8. The van der Waals surface area contributed by atoms with E-state index in [1.54, 1.807) is 0 Å². The number of unbranched alkanes of at least 4 members (excludes halogenated alkanes) is 2. The van der Waals surface area contributed by atoms with Gasteiger partial charge in [-0.15, -0.1) is 22.7 Å². The number of rotatable bonds is 14. The van der Waals surface area contributed by atoms with Crippen LogP contribution in [0.2, 0.25) is 8.67 Å². The van der Waals surface area contributed by atoms with Gasteiger partial charge in [-0.25, -0.2) is 16.8 Å². The summed E-state index contributed by atoms with van der Waals surface area (Å²) in [6, 6.07) is 0. The van der Waals surface area contributed by atoms with E-state index in [0.29, 0.717) is 9.40 Å². The number of sulfone groups is 2. The first-order valence-corrected chi connectivity index (χ1v) is 17.1. The molecular formula is C22H34Cl2O4S4. The monoisotopic (exact) mass is 560 g/mol. The summed E-state index contributed by atoms with van der Waals surface area (Å²) in [6.07, 6.45) is 7.21. The minimum absolute atomic E-state index is 0.0155. The Bertz CT molecular complexity index is 1010. The van der Waals surface area contributed by atoms with Crippen molar-refractivity contribution in [3.63, 3.8) is 0 Å². The molecule has 184 valence electrons. The van der Waals surface area contributed by atoms with Crippen molar-refractivity contribution in [3.8, 4) is 0 Å². The number of hydrogen-bond acceptors (Lipinski definition) is 6. The molecule has 0 N–H and O–H groups in total. The Morgan fingerprint density at radius 3 is 1.31 bits per heavy atom. The molecule has 0 aliphatic heterocycles. The van der Waals surface area contributed by atoms with E-state index in [-0.39, 0.29) is 41.8 Å². The quantitative estimate of drug-likeness (QED) is 0.233. The van der Waals surface area contributed by atoms with Crippen molar-refractivity contribution in [1.29, 1.82) is 0 Å². The van der Waals surface area contributed by atoms with Gasteiger partial charge in [-0.1, -0.05) is 89.4 Å². The molecule has 0 fully saturated rings. The van der Waals surface area contributed by atoms with Crippen molar-refractivity contribution in [2.45, 2.75) is 88.9 Å². The smallest absolute Gasteiger partial charge is 0.182 e. The average molecular weight is 562 g/mol. The molecule has 2 aromatic rings. The van der Waals surface area contributed by atoms with Crippen LogP contribution in [0, 0.1) is 11.8 Å². The van der Waals surface area contributed by atoms with Gasteiger partial charge in [0.1, 0.15) is 18.5 Å². The topological polar surface area (TPSA) is 68.3 Å². The number of hydrogen-bond donors (Lipinski definition) is 0. The van der Waals surface area contributed by atoms with E-state index in [1.165, 1.54) is 0 Å². The SMILES string of the molecule is CCCCC(CC)CS(=O)(=O)c1c(Cl)sc2c(S(=O)(=O)CC(CC)CCCC)c(Cl)sc12. The summed E-state index contributed by atoms with van der Waals surface area (Å²) >= 11 is 14.9. The van der Waals surface area contributed by atoms with E-state index in [0.717, 1.165) is 74.0 Å². The lowest BCUT2D eigenvalue weighted by Crippen LogP contribution is -2.16. The van der Waals surface area contributed by atoms with E-state index in [2.05, 4.69) is 13.8 Å². The maximum atomic E-state index is 13.3. The molecule has 0 bridgehead atoms. The number of halogens is 2. The van der Waals surface area contributed by atoms with Crippen LogP contribution in [0.15, 0.2) is 9.79 Å². The largest absolute Gasteiger partial charge is 0.224 e. The summed E-state index contributed by atoms with van der Waals surface area (Å²) in [5, 5.41) is 0. The van der Waals surface area contributed by atoms with Crippen LogP contribution in [0.5, 0.6) is 0 Å². The molecular weight excluding hydrogens is 527 g/mol. The highest BCUT2D eigenvalue weighted by Crippen LogP contribution is 2.50. The second kappa shape index (κ2) is 12.2. The number of thiophene rings is 2. The first-order valence-electron chi connectivity index (χ1n) is 11.4. The zero-order valence-electron chi connectivity index (χ0n) is 19.2. The van der Waals surface area contributed by atoms with Crippen molar-refractivity contribution in [1.82, 2.24) is 0 Å². The van der Waals surface area contributed by atoms with Crippen LogP contribution < -0.4 is 0 Å². The highest BCUT2D eigenvalue weighted by Gasteiger charge is 2.34. The second-order valence-electron chi connectivity index (χ2n) is 8.46. The van der Waals surface area contributed by atoms with Crippen molar-refractivity contribution in [2.24, 2.45) is 11.8 Å². The van der Waals surface area contributed by atoms with Crippen LogP contribution in [0.4, 0.5) is 0 Å². The Morgan fingerprint density at radius 2 is 1.03 bits per heavy atom. The Hall–Kier alpha value is 0.140. The fourth-order valence-corrected chi connectivity index (χ4v) is 13.1. The molecule has 32 heavy (non-hydrogen) atoms. The molecule has 0 spiro atoms. The lowest BCUT2D eigenvalue weighted by atomic mass is 10.0. The first kappa shape index (κ1) is 28.4.